The maximum atomic E-state index is 11.7. The lowest BCUT2D eigenvalue weighted by atomic mass is 9.99. The Bertz CT molecular complexity index is 812. The van der Waals surface area contributed by atoms with E-state index in [-0.39, 0.29) is 34.0 Å². The zero-order valence-corrected chi connectivity index (χ0v) is 16.2. The third-order valence-corrected chi connectivity index (χ3v) is 4.96. The van der Waals surface area contributed by atoms with Gasteiger partial charge in [0.25, 0.3) is 11.4 Å². The summed E-state index contributed by atoms with van der Waals surface area (Å²) in [6.07, 6.45) is 7.03. The Hall–Kier alpha value is -3.16. The van der Waals surface area contributed by atoms with Gasteiger partial charge in [-0.2, -0.15) is 0 Å². The van der Waals surface area contributed by atoms with Crippen molar-refractivity contribution < 1.29 is 19.3 Å². The maximum absolute atomic E-state index is 11.7. The Balaban J connectivity index is 2.17. The molecule has 0 aromatic heterocycles. The van der Waals surface area contributed by atoms with E-state index in [4.69, 9.17) is 9.47 Å². The van der Waals surface area contributed by atoms with Gasteiger partial charge in [0, 0.05) is 12.1 Å². The highest BCUT2D eigenvalue weighted by atomic mass is 16.6. The number of hydrogen-bond donors (Lipinski definition) is 0. The Morgan fingerprint density at radius 1 is 0.621 bits per heavy atom. The molecule has 154 valence electrons. The predicted octanol–water partition coefficient (Wildman–Crippen LogP) is 5.67. The minimum absolute atomic E-state index is 0.0923. The van der Waals surface area contributed by atoms with Crippen molar-refractivity contribution >= 4 is 11.4 Å². The highest BCUT2D eigenvalue weighted by molar-refractivity contribution is 5.89. The molecule has 1 aliphatic rings. The van der Waals surface area contributed by atoms with Crippen LogP contribution < -0.4 is 9.47 Å². The van der Waals surface area contributed by atoms with E-state index < -0.39 is 9.85 Å². The zero-order valence-electron chi connectivity index (χ0n) is 16.2. The topological polar surface area (TPSA) is 105 Å². The van der Waals surface area contributed by atoms with Crippen molar-refractivity contribution in [1.29, 1.82) is 0 Å². The second-order valence-corrected chi connectivity index (χ2v) is 6.99. The van der Waals surface area contributed by atoms with Gasteiger partial charge in [0.15, 0.2) is 0 Å². The van der Waals surface area contributed by atoms with Crippen molar-refractivity contribution in [1.82, 2.24) is 0 Å². The molecule has 0 spiro atoms. The normalized spacial score (nSPS) is 15.4. The molecule has 2 aromatic rings. The molecule has 1 heterocycles. The summed E-state index contributed by atoms with van der Waals surface area (Å²) in [5.41, 5.74) is -0.304. The average Bonchev–Trinajstić information content (AvgIpc) is 2.71. The molecular formula is C21H24N2O6. The highest BCUT2D eigenvalue weighted by Gasteiger charge is 2.30. The zero-order chi connectivity index (χ0) is 20.6. The van der Waals surface area contributed by atoms with Gasteiger partial charge in [0.05, 0.1) is 23.1 Å². The van der Waals surface area contributed by atoms with Crippen LogP contribution in [0.15, 0.2) is 36.4 Å². The molecule has 0 saturated carbocycles. The van der Waals surface area contributed by atoms with Crippen molar-refractivity contribution in [3.63, 3.8) is 0 Å². The summed E-state index contributed by atoms with van der Waals surface area (Å²) in [5.74, 6) is 0.515. The minimum Gasteiger partial charge on any atom is -0.493 e. The molecule has 8 heteroatoms. The molecule has 3 rings (SSSR count). The van der Waals surface area contributed by atoms with E-state index in [1.807, 2.05) is 0 Å². The Morgan fingerprint density at radius 2 is 1.00 bits per heavy atom. The Labute approximate surface area is 168 Å². The molecular weight excluding hydrogens is 376 g/mol. The largest absolute Gasteiger partial charge is 0.493 e. The van der Waals surface area contributed by atoms with Gasteiger partial charge in [-0.25, -0.2) is 0 Å². The summed E-state index contributed by atoms with van der Waals surface area (Å²) in [6.45, 7) is 0.788. The molecule has 8 nitrogen and oxygen atoms in total. The van der Waals surface area contributed by atoms with Gasteiger partial charge in [-0.05, 0) is 25.0 Å². The van der Waals surface area contributed by atoms with Gasteiger partial charge in [0.1, 0.15) is 22.6 Å². The van der Waals surface area contributed by atoms with Gasteiger partial charge in [-0.3, -0.25) is 20.2 Å². The van der Waals surface area contributed by atoms with Gasteiger partial charge in [0.2, 0.25) is 0 Å². The van der Waals surface area contributed by atoms with Crippen molar-refractivity contribution in [2.75, 3.05) is 13.2 Å². The van der Waals surface area contributed by atoms with Crippen molar-refractivity contribution in [2.24, 2.45) is 0 Å². The Kier molecular flexibility index (Phi) is 6.99. The Morgan fingerprint density at radius 3 is 1.38 bits per heavy atom. The smallest absolute Gasteiger partial charge is 0.281 e. The van der Waals surface area contributed by atoms with Gasteiger partial charge in [-0.15, -0.1) is 0 Å². The van der Waals surface area contributed by atoms with Crippen LogP contribution in [0.25, 0.3) is 11.1 Å². The van der Waals surface area contributed by atoms with Crippen LogP contribution in [0.4, 0.5) is 11.4 Å². The standard InChI is InChI=1S/C21H24N2O6/c24-22(25)16-10-8-12-18-20(16)21-17(23(26)27)11-9-13-19(21)29-15-7-5-3-1-2-4-6-14-28-18/h8-13H,1-7,14-15H2. The van der Waals surface area contributed by atoms with E-state index in [9.17, 15) is 20.2 Å². The third kappa shape index (κ3) is 5.01. The molecule has 1 aliphatic heterocycles. The lowest BCUT2D eigenvalue weighted by molar-refractivity contribution is -0.386. The molecule has 0 aliphatic carbocycles. The second kappa shape index (κ2) is 9.86. The number of benzene rings is 2. The number of nitro benzene ring substituents is 2. The van der Waals surface area contributed by atoms with Crippen LogP contribution in [0.5, 0.6) is 11.5 Å². The first kappa shape index (κ1) is 20.6. The van der Waals surface area contributed by atoms with E-state index >= 15 is 0 Å². The van der Waals surface area contributed by atoms with Gasteiger partial charge >= 0.3 is 0 Å². The van der Waals surface area contributed by atoms with Crippen LogP contribution in [-0.2, 0) is 0 Å². The monoisotopic (exact) mass is 400 g/mol. The molecule has 0 radical (unpaired) electrons. The van der Waals surface area contributed by atoms with Gasteiger partial charge in [-0.1, -0.05) is 44.2 Å². The molecule has 0 amide bonds. The quantitative estimate of drug-likeness (QED) is 0.475. The van der Waals surface area contributed by atoms with E-state index in [2.05, 4.69) is 0 Å². The lowest BCUT2D eigenvalue weighted by Crippen LogP contribution is -2.05. The first-order chi connectivity index (χ1) is 14.1. The molecule has 0 N–H and O–H groups in total. The van der Waals surface area contributed by atoms with Crippen LogP contribution in [0.3, 0.4) is 0 Å². The van der Waals surface area contributed by atoms with Crippen LogP contribution >= 0.6 is 0 Å². The molecule has 0 atom stereocenters. The van der Waals surface area contributed by atoms with Crippen molar-refractivity contribution in [2.45, 2.75) is 44.9 Å². The SMILES string of the molecule is O=[N+]([O-])c1cccc2c1-c1c(cccc1[N+](=O)[O-])OCCCCCCCCCO2. The number of nitrogens with zero attached hydrogens (tertiary/aromatic N) is 2. The second-order valence-electron chi connectivity index (χ2n) is 6.99. The molecule has 0 unspecified atom stereocenters. The maximum Gasteiger partial charge on any atom is 0.281 e. The fourth-order valence-electron chi connectivity index (χ4n) is 3.54. The first-order valence-corrected chi connectivity index (χ1v) is 9.90. The summed E-state index contributed by atoms with van der Waals surface area (Å²) in [5, 5.41) is 23.4. The predicted molar refractivity (Wildman–Crippen MR) is 108 cm³/mol. The number of ether oxygens (including phenoxy) is 2. The first-order valence-electron chi connectivity index (χ1n) is 9.90. The van der Waals surface area contributed by atoms with Crippen molar-refractivity contribution in [3.8, 4) is 22.6 Å². The molecule has 2 aromatic carbocycles. The van der Waals surface area contributed by atoms with E-state index in [1.54, 1.807) is 12.1 Å². The molecule has 0 bridgehead atoms. The lowest BCUT2D eigenvalue weighted by Gasteiger charge is -2.15. The van der Waals surface area contributed by atoms with E-state index in [1.165, 1.54) is 24.3 Å². The summed E-state index contributed by atoms with van der Waals surface area (Å²) in [4.78, 5) is 22.4. The number of hydrogen-bond acceptors (Lipinski definition) is 6. The summed E-state index contributed by atoms with van der Waals surface area (Å²) >= 11 is 0. The van der Waals surface area contributed by atoms with E-state index in [0.717, 1.165) is 44.9 Å². The molecule has 0 saturated heterocycles. The van der Waals surface area contributed by atoms with E-state index in [0.29, 0.717) is 13.2 Å². The average molecular weight is 400 g/mol. The fraction of sp³-hybridized carbons (Fsp3) is 0.429. The summed E-state index contributed by atoms with van der Waals surface area (Å²) in [7, 11) is 0. The van der Waals surface area contributed by atoms with Gasteiger partial charge < -0.3 is 9.47 Å². The van der Waals surface area contributed by atoms with Crippen LogP contribution in [0.1, 0.15) is 44.9 Å². The summed E-state index contributed by atoms with van der Waals surface area (Å²) < 4.78 is 11.7. The van der Waals surface area contributed by atoms with Crippen LogP contribution in [0.2, 0.25) is 0 Å². The molecule has 29 heavy (non-hydrogen) atoms. The van der Waals surface area contributed by atoms with Crippen LogP contribution in [0, 0.1) is 20.2 Å². The number of fused-ring (bicyclic) bond motifs is 3. The van der Waals surface area contributed by atoms with Crippen molar-refractivity contribution in [3.05, 3.63) is 56.6 Å². The third-order valence-electron chi connectivity index (χ3n) is 4.96. The number of rotatable bonds is 2. The van der Waals surface area contributed by atoms with Crippen LogP contribution in [-0.4, -0.2) is 23.1 Å². The number of nitro groups is 2. The minimum atomic E-state index is -0.545. The highest BCUT2D eigenvalue weighted by Crippen LogP contribution is 2.47. The fourth-order valence-corrected chi connectivity index (χ4v) is 3.54. The summed E-state index contributed by atoms with van der Waals surface area (Å²) in [6, 6.07) is 8.94. The molecule has 0 fully saturated rings.